The Labute approximate surface area is 84.2 Å². The van der Waals surface area contributed by atoms with E-state index in [1.165, 1.54) is 7.11 Å². The Kier molecular flexibility index (Phi) is 4.25. The Bertz CT molecular complexity index is 267. The van der Waals surface area contributed by atoms with Gasteiger partial charge in [-0.2, -0.15) is 0 Å². The lowest BCUT2D eigenvalue weighted by Gasteiger charge is -2.18. The van der Waals surface area contributed by atoms with Gasteiger partial charge in [0, 0.05) is 0 Å². The number of halogens is 1. The number of hydrogen-bond donors (Lipinski definition) is 0. The fraction of sp³-hybridized carbons (Fsp3) is 0.600. The molecule has 0 aromatic carbocycles. The molecule has 0 radical (unpaired) electrons. The molecular formula is C10H15ClO2. The second kappa shape index (κ2) is 4.50. The average Bonchev–Trinajstić information content (AvgIpc) is 2.01. The van der Waals surface area contributed by atoms with Crippen LogP contribution in [0.25, 0.3) is 0 Å². The standard InChI is InChI=1S/C10H15ClO2/c1-7(2)6-8(11)10(3,4)9(12)13-5/h1-5H3. The Morgan fingerprint density at radius 3 is 2.15 bits per heavy atom. The Balaban J connectivity index is 5.07. The summed E-state index contributed by atoms with van der Waals surface area (Å²) in [6, 6.07) is 0. The monoisotopic (exact) mass is 202 g/mol. The van der Waals surface area contributed by atoms with Gasteiger partial charge in [-0.25, -0.2) is 0 Å². The highest BCUT2D eigenvalue weighted by Gasteiger charge is 2.32. The van der Waals surface area contributed by atoms with Crippen LogP contribution in [0.3, 0.4) is 0 Å². The summed E-state index contributed by atoms with van der Waals surface area (Å²) < 4.78 is 4.62. The van der Waals surface area contributed by atoms with E-state index in [-0.39, 0.29) is 5.97 Å². The van der Waals surface area contributed by atoms with E-state index in [0.717, 1.165) is 5.57 Å². The van der Waals surface area contributed by atoms with Gasteiger partial charge in [0.1, 0.15) is 5.41 Å². The van der Waals surface area contributed by atoms with Crippen LogP contribution in [-0.4, -0.2) is 13.1 Å². The van der Waals surface area contributed by atoms with Gasteiger partial charge in [-0.3, -0.25) is 4.79 Å². The van der Waals surface area contributed by atoms with Crippen molar-refractivity contribution in [3.05, 3.63) is 16.3 Å². The van der Waals surface area contributed by atoms with Gasteiger partial charge in [0.15, 0.2) is 0 Å². The number of hydrogen-bond acceptors (Lipinski definition) is 2. The zero-order valence-corrected chi connectivity index (χ0v) is 9.45. The van der Waals surface area contributed by atoms with E-state index in [2.05, 4.69) is 10.5 Å². The molecule has 3 heteroatoms. The Morgan fingerprint density at radius 1 is 1.38 bits per heavy atom. The normalized spacial score (nSPS) is 10.3. The first-order valence-electron chi connectivity index (χ1n) is 4.01. The van der Waals surface area contributed by atoms with E-state index in [4.69, 9.17) is 11.6 Å². The van der Waals surface area contributed by atoms with Gasteiger partial charge < -0.3 is 4.74 Å². The summed E-state index contributed by atoms with van der Waals surface area (Å²) in [5.41, 5.74) is 3.02. The van der Waals surface area contributed by atoms with Crippen molar-refractivity contribution < 1.29 is 9.53 Å². The molecule has 0 bridgehead atoms. The molecule has 0 spiro atoms. The van der Waals surface area contributed by atoms with E-state index in [1.54, 1.807) is 13.8 Å². The Hall–Kier alpha value is -0.720. The quantitative estimate of drug-likeness (QED) is 0.509. The minimum Gasteiger partial charge on any atom is -0.468 e. The molecule has 0 saturated heterocycles. The minimum absolute atomic E-state index is 0.355. The van der Waals surface area contributed by atoms with Gasteiger partial charge in [0.05, 0.1) is 12.1 Å². The lowest BCUT2D eigenvalue weighted by Crippen LogP contribution is -2.25. The number of rotatable bonds is 2. The summed E-state index contributed by atoms with van der Waals surface area (Å²) in [4.78, 5) is 11.3. The van der Waals surface area contributed by atoms with Crippen molar-refractivity contribution in [3.8, 4) is 0 Å². The summed E-state index contributed by atoms with van der Waals surface area (Å²) in [6.45, 7) is 7.15. The summed E-state index contributed by atoms with van der Waals surface area (Å²) >= 11 is 5.92. The molecule has 0 saturated carbocycles. The topological polar surface area (TPSA) is 26.3 Å². The first-order chi connectivity index (χ1) is 5.82. The lowest BCUT2D eigenvalue weighted by atomic mass is 9.93. The fourth-order valence-corrected chi connectivity index (χ4v) is 0.987. The van der Waals surface area contributed by atoms with Crippen LogP contribution in [0.4, 0.5) is 0 Å². The number of esters is 1. The molecule has 0 heterocycles. The first-order valence-corrected chi connectivity index (χ1v) is 4.38. The molecule has 0 unspecified atom stereocenters. The third kappa shape index (κ3) is 3.25. The van der Waals surface area contributed by atoms with Crippen LogP contribution in [0, 0.1) is 5.41 Å². The number of carbonyl (C=O) groups is 1. The predicted octanol–water partition coefficient (Wildman–Crippen LogP) is 2.87. The predicted molar refractivity (Wildman–Crippen MR) is 53.5 cm³/mol. The largest absolute Gasteiger partial charge is 0.468 e. The van der Waals surface area contributed by atoms with Gasteiger partial charge in [0.25, 0.3) is 0 Å². The fourth-order valence-electron chi connectivity index (χ4n) is 0.721. The molecule has 0 fully saturated rings. The molecule has 2 nitrogen and oxygen atoms in total. The highest BCUT2D eigenvalue weighted by molar-refractivity contribution is 6.31. The molecule has 0 atom stereocenters. The van der Waals surface area contributed by atoms with Gasteiger partial charge in [0.2, 0.25) is 0 Å². The van der Waals surface area contributed by atoms with E-state index < -0.39 is 5.41 Å². The van der Waals surface area contributed by atoms with Crippen molar-refractivity contribution in [2.24, 2.45) is 5.41 Å². The highest BCUT2D eigenvalue weighted by atomic mass is 35.5. The summed E-state index contributed by atoms with van der Waals surface area (Å²) in [7, 11) is 1.34. The van der Waals surface area contributed by atoms with Crippen molar-refractivity contribution >= 4 is 17.6 Å². The van der Waals surface area contributed by atoms with Crippen molar-refractivity contribution in [1.29, 1.82) is 0 Å². The van der Waals surface area contributed by atoms with Crippen molar-refractivity contribution in [1.82, 2.24) is 0 Å². The van der Waals surface area contributed by atoms with Gasteiger partial charge in [-0.15, -0.1) is 5.73 Å². The summed E-state index contributed by atoms with van der Waals surface area (Å²) in [5.74, 6) is -0.355. The third-order valence-electron chi connectivity index (χ3n) is 1.60. The van der Waals surface area contributed by atoms with Gasteiger partial charge in [-0.1, -0.05) is 11.6 Å². The van der Waals surface area contributed by atoms with Crippen molar-refractivity contribution in [2.45, 2.75) is 27.7 Å². The van der Waals surface area contributed by atoms with Crippen LogP contribution < -0.4 is 0 Å². The van der Waals surface area contributed by atoms with E-state index in [9.17, 15) is 4.79 Å². The molecule has 0 rings (SSSR count). The van der Waals surface area contributed by atoms with Crippen LogP contribution >= 0.6 is 11.6 Å². The Morgan fingerprint density at radius 2 is 1.85 bits per heavy atom. The third-order valence-corrected chi connectivity index (χ3v) is 2.17. The van der Waals surface area contributed by atoms with E-state index in [0.29, 0.717) is 5.03 Å². The summed E-state index contributed by atoms with van der Waals surface area (Å²) in [5, 5.41) is 0.374. The zero-order valence-electron chi connectivity index (χ0n) is 8.69. The molecule has 0 aliphatic heterocycles. The van der Waals surface area contributed by atoms with Crippen molar-refractivity contribution in [2.75, 3.05) is 7.11 Å². The van der Waals surface area contributed by atoms with Crippen LogP contribution in [0.2, 0.25) is 0 Å². The highest BCUT2D eigenvalue weighted by Crippen LogP contribution is 2.30. The molecule has 0 amide bonds. The molecule has 0 aromatic heterocycles. The van der Waals surface area contributed by atoms with Crippen molar-refractivity contribution in [3.63, 3.8) is 0 Å². The smallest absolute Gasteiger partial charge is 0.317 e. The van der Waals surface area contributed by atoms with E-state index in [1.807, 2.05) is 13.8 Å². The molecule has 0 aliphatic rings. The molecule has 0 aliphatic carbocycles. The maximum absolute atomic E-state index is 11.3. The molecule has 74 valence electrons. The van der Waals surface area contributed by atoms with E-state index >= 15 is 0 Å². The zero-order chi connectivity index (χ0) is 10.6. The SMILES string of the molecule is COC(=O)C(C)(C)C(Cl)=C=C(C)C. The lowest BCUT2D eigenvalue weighted by molar-refractivity contribution is -0.148. The van der Waals surface area contributed by atoms with Crippen LogP contribution in [0.15, 0.2) is 16.3 Å². The molecule has 0 aromatic rings. The summed E-state index contributed by atoms with van der Waals surface area (Å²) in [6.07, 6.45) is 0. The number of methoxy groups -OCH3 is 1. The maximum Gasteiger partial charge on any atom is 0.317 e. The van der Waals surface area contributed by atoms with Crippen LogP contribution in [-0.2, 0) is 9.53 Å². The van der Waals surface area contributed by atoms with Crippen LogP contribution in [0.5, 0.6) is 0 Å². The van der Waals surface area contributed by atoms with Gasteiger partial charge >= 0.3 is 5.97 Å². The molecular weight excluding hydrogens is 188 g/mol. The minimum atomic E-state index is -0.812. The molecule has 0 N–H and O–H groups in total. The molecule has 13 heavy (non-hydrogen) atoms. The second-order valence-electron chi connectivity index (χ2n) is 3.56. The maximum atomic E-state index is 11.3. The average molecular weight is 203 g/mol. The van der Waals surface area contributed by atoms with Gasteiger partial charge in [-0.05, 0) is 33.3 Å². The number of carbonyl (C=O) groups excluding carboxylic acids is 1. The van der Waals surface area contributed by atoms with Crippen LogP contribution in [0.1, 0.15) is 27.7 Å². The second-order valence-corrected chi connectivity index (χ2v) is 3.93. The number of ether oxygens (including phenoxy) is 1. The first kappa shape index (κ1) is 12.3.